The molecule has 5 heteroatoms. The van der Waals surface area contributed by atoms with Crippen molar-refractivity contribution in [2.75, 3.05) is 11.5 Å². The maximum atomic E-state index is 10.6. The van der Waals surface area contributed by atoms with Gasteiger partial charge in [0.05, 0.1) is 18.3 Å². The van der Waals surface area contributed by atoms with E-state index in [2.05, 4.69) is 11.8 Å². The molecule has 2 N–H and O–H groups in total. The standard InChI is InChI=1S/C22H40O4S/c1-2-17(23)9-7-8-15-27-16-14-19-18(20-12-13-21(19)26-20)10-5-3-4-6-11-22(24)25/h17-21,23H,2-16H2,1H3,(H,24,25)/t17?,18-,19+,20-,21+/m1/s1. The second kappa shape index (κ2) is 13.1. The van der Waals surface area contributed by atoms with E-state index in [9.17, 15) is 9.90 Å². The molecule has 0 radical (unpaired) electrons. The number of aliphatic hydroxyl groups is 1. The summed E-state index contributed by atoms with van der Waals surface area (Å²) in [6.45, 7) is 2.04. The molecule has 0 saturated carbocycles. The van der Waals surface area contributed by atoms with Crippen molar-refractivity contribution in [2.24, 2.45) is 11.8 Å². The van der Waals surface area contributed by atoms with Crippen LogP contribution in [0.1, 0.15) is 90.4 Å². The molecule has 2 rings (SSSR count). The van der Waals surface area contributed by atoms with Crippen LogP contribution >= 0.6 is 11.8 Å². The Hall–Kier alpha value is -0.260. The first kappa shape index (κ1) is 23.0. The molecule has 0 aromatic heterocycles. The Morgan fingerprint density at radius 2 is 1.70 bits per heavy atom. The third-order valence-corrected chi connectivity index (χ3v) is 7.51. The maximum Gasteiger partial charge on any atom is 0.303 e. The molecule has 0 amide bonds. The Morgan fingerprint density at radius 1 is 1.00 bits per heavy atom. The highest BCUT2D eigenvalue weighted by Gasteiger charge is 2.47. The highest BCUT2D eigenvalue weighted by molar-refractivity contribution is 7.99. The fourth-order valence-electron chi connectivity index (χ4n) is 4.79. The van der Waals surface area contributed by atoms with E-state index < -0.39 is 5.97 Å². The van der Waals surface area contributed by atoms with Gasteiger partial charge >= 0.3 is 5.97 Å². The van der Waals surface area contributed by atoms with Crippen LogP contribution in [0.25, 0.3) is 0 Å². The molecule has 2 heterocycles. The first-order valence-electron chi connectivity index (χ1n) is 11.2. The minimum Gasteiger partial charge on any atom is -0.481 e. The van der Waals surface area contributed by atoms with E-state index in [1.165, 1.54) is 50.0 Å². The number of aliphatic hydroxyl groups excluding tert-OH is 1. The lowest BCUT2D eigenvalue weighted by Gasteiger charge is -2.28. The minimum atomic E-state index is -0.671. The monoisotopic (exact) mass is 400 g/mol. The van der Waals surface area contributed by atoms with Crippen LogP contribution in [0.3, 0.4) is 0 Å². The number of rotatable bonds is 16. The van der Waals surface area contributed by atoms with Crippen molar-refractivity contribution in [3.63, 3.8) is 0 Å². The number of hydrogen-bond acceptors (Lipinski definition) is 4. The third-order valence-electron chi connectivity index (χ3n) is 6.41. The summed E-state index contributed by atoms with van der Waals surface area (Å²) in [4.78, 5) is 10.6. The van der Waals surface area contributed by atoms with Gasteiger partial charge in [0, 0.05) is 6.42 Å². The molecule has 0 aliphatic carbocycles. The van der Waals surface area contributed by atoms with Crippen molar-refractivity contribution in [2.45, 2.75) is 109 Å². The quantitative estimate of drug-likeness (QED) is 0.346. The SMILES string of the molecule is CCC(O)CCCCSCC[C@H]1[C@@H](CCCCCCC(=O)O)[C@H]2CC[C@@H]1O2. The second-order valence-electron chi connectivity index (χ2n) is 8.42. The van der Waals surface area contributed by atoms with Gasteiger partial charge in [-0.15, -0.1) is 0 Å². The number of thioether (sulfide) groups is 1. The van der Waals surface area contributed by atoms with Gasteiger partial charge in [-0.1, -0.05) is 32.6 Å². The van der Waals surface area contributed by atoms with E-state index >= 15 is 0 Å². The number of carboxylic acids is 1. The fourth-order valence-corrected chi connectivity index (χ4v) is 5.84. The highest BCUT2D eigenvalue weighted by Crippen LogP contribution is 2.47. The molecule has 2 fully saturated rings. The molecule has 158 valence electrons. The zero-order valence-corrected chi connectivity index (χ0v) is 17.9. The summed E-state index contributed by atoms with van der Waals surface area (Å²) in [5, 5.41) is 18.3. The Morgan fingerprint density at radius 3 is 2.41 bits per heavy atom. The van der Waals surface area contributed by atoms with Crippen molar-refractivity contribution in [3.05, 3.63) is 0 Å². The molecule has 2 saturated heterocycles. The summed E-state index contributed by atoms with van der Waals surface area (Å²) in [6, 6.07) is 0. The average molecular weight is 401 g/mol. The van der Waals surface area contributed by atoms with Crippen molar-refractivity contribution < 1.29 is 19.7 Å². The molecule has 27 heavy (non-hydrogen) atoms. The third kappa shape index (κ3) is 8.33. The van der Waals surface area contributed by atoms with E-state index in [4.69, 9.17) is 9.84 Å². The molecule has 2 bridgehead atoms. The summed E-state index contributed by atoms with van der Waals surface area (Å²) in [6.07, 6.45) is 14.7. The van der Waals surface area contributed by atoms with Gasteiger partial charge in [0.2, 0.25) is 0 Å². The van der Waals surface area contributed by atoms with Crippen LogP contribution in [0, 0.1) is 11.8 Å². The van der Waals surface area contributed by atoms with Gasteiger partial charge in [0.15, 0.2) is 0 Å². The van der Waals surface area contributed by atoms with Crippen molar-refractivity contribution in [1.82, 2.24) is 0 Å². The topological polar surface area (TPSA) is 66.8 Å². The van der Waals surface area contributed by atoms with Crippen molar-refractivity contribution >= 4 is 17.7 Å². The minimum absolute atomic E-state index is 0.105. The number of ether oxygens (including phenoxy) is 1. The van der Waals surface area contributed by atoms with Gasteiger partial charge in [-0.2, -0.15) is 11.8 Å². The van der Waals surface area contributed by atoms with Gasteiger partial charge in [-0.25, -0.2) is 0 Å². The fraction of sp³-hybridized carbons (Fsp3) is 0.955. The molecule has 4 nitrogen and oxygen atoms in total. The summed E-state index contributed by atoms with van der Waals surface area (Å²) >= 11 is 2.07. The van der Waals surface area contributed by atoms with E-state index in [1.807, 2.05) is 6.92 Å². The zero-order valence-electron chi connectivity index (χ0n) is 17.1. The van der Waals surface area contributed by atoms with Gasteiger partial charge in [0.1, 0.15) is 0 Å². The summed E-state index contributed by atoms with van der Waals surface area (Å²) in [5.74, 6) is 3.27. The van der Waals surface area contributed by atoms with Crippen molar-refractivity contribution in [3.8, 4) is 0 Å². The lowest BCUT2D eigenvalue weighted by Crippen LogP contribution is -2.27. The molecular weight excluding hydrogens is 360 g/mol. The first-order chi connectivity index (χ1) is 13.1. The van der Waals surface area contributed by atoms with Gasteiger partial charge in [-0.05, 0) is 74.7 Å². The molecular formula is C22H40O4S. The lowest BCUT2D eigenvalue weighted by atomic mass is 9.75. The normalized spacial score (nSPS) is 27.9. The zero-order chi connectivity index (χ0) is 19.5. The molecule has 2 aliphatic rings. The van der Waals surface area contributed by atoms with Gasteiger partial charge in [-0.3, -0.25) is 4.79 Å². The predicted molar refractivity (Wildman–Crippen MR) is 112 cm³/mol. The number of hydrogen-bond donors (Lipinski definition) is 2. The molecule has 0 aromatic carbocycles. The number of fused-ring (bicyclic) bond motifs is 2. The Bertz CT molecular complexity index is 417. The molecule has 0 spiro atoms. The van der Waals surface area contributed by atoms with E-state index in [1.54, 1.807) is 0 Å². The number of aliphatic carboxylic acids is 1. The largest absolute Gasteiger partial charge is 0.481 e. The van der Waals surface area contributed by atoms with Gasteiger partial charge < -0.3 is 14.9 Å². The first-order valence-corrected chi connectivity index (χ1v) is 12.4. The van der Waals surface area contributed by atoms with Crippen LogP contribution in [0.5, 0.6) is 0 Å². The molecule has 2 aliphatic heterocycles. The van der Waals surface area contributed by atoms with Crippen LogP contribution < -0.4 is 0 Å². The highest BCUT2D eigenvalue weighted by atomic mass is 32.2. The molecule has 0 aromatic rings. The predicted octanol–water partition coefficient (Wildman–Crippen LogP) is 5.27. The summed E-state index contributed by atoms with van der Waals surface area (Å²) in [5.41, 5.74) is 0. The summed E-state index contributed by atoms with van der Waals surface area (Å²) < 4.78 is 6.23. The smallest absolute Gasteiger partial charge is 0.303 e. The Kier molecular flexibility index (Phi) is 11.1. The number of carboxylic acid groups (broad SMARTS) is 1. The Labute approximate surface area is 169 Å². The van der Waals surface area contributed by atoms with Crippen LogP contribution in [0.15, 0.2) is 0 Å². The van der Waals surface area contributed by atoms with E-state index in [0.717, 1.165) is 50.4 Å². The maximum absolute atomic E-state index is 10.6. The number of carbonyl (C=O) groups is 1. The summed E-state index contributed by atoms with van der Waals surface area (Å²) in [7, 11) is 0. The van der Waals surface area contributed by atoms with Crippen LogP contribution in [0.4, 0.5) is 0 Å². The van der Waals surface area contributed by atoms with Crippen molar-refractivity contribution in [1.29, 1.82) is 0 Å². The Balaban J connectivity index is 1.55. The van der Waals surface area contributed by atoms with E-state index in [-0.39, 0.29) is 6.10 Å². The van der Waals surface area contributed by atoms with Crippen LogP contribution in [-0.4, -0.2) is 46.0 Å². The second-order valence-corrected chi connectivity index (χ2v) is 9.65. The average Bonchev–Trinajstić information content (AvgIpc) is 3.25. The molecule has 5 atom stereocenters. The van der Waals surface area contributed by atoms with Crippen LogP contribution in [0.2, 0.25) is 0 Å². The lowest BCUT2D eigenvalue weighted by molar-refractivity contribution is -0.137. The van der Waals surface area contributed by atoms with Gasteiger partial charge in [0.25, 0.3) is 0 Å². The number of unbranched alkanes of at least 4 members (excludes halogenated alkanes) is 4. The molecule has 1 unspecified atom stereocenters. The van der Waals surface area contributed by atoms with Crippen LogP contribution in [-0.2, 0) is 9.53 Å². The van der Waals surface area contributed by atoms with E-state index in [0.29, 0.717) is 18.6 Å².